The van der Waals surface area contributed by atoms with E-state index in [2.05, 4.69) is 17.6 Å². The Morgan fingerprint density at radius 3 is 2.61 bits per heavy atom. The molecular formula is C14H28N2O2. The molecule has 18 heavy (non-hydrogen) atoms. The van der Waals surface area contributed by atoms with Crippen LogP contribution in [0.5, 0.6) is 0 Å². The largest absolute Gasteiger partial charge is 0.396 e. The van der Waals surface area contributed by atoms with Gasteiger partial charge in [0.25, 0.3) is 0 Å². The summed E-state index contributed by atoms with van der Waals surface area (Å²) in [4.78, 5) is 11.9. The van der Waals surface area contributed by atoms with Gasteiger partial charge in [0.2, 0.25) is 0 Å². The molecule has 1 rings (SSSR count). The zero-order valence-electron chi connectivity index (χ0n) is 11.9. The molecule has 0 bridgehead atoms. The number of hydrogen-bond acceptors (Lipinski definition) is 2. The smallest absolute Gasteiger partial charge is 0.315 e. The fourth-order valence-electron chi connectivity index (χ4n) is 2.60. The lowest BCUT2D eigenvalue weighted by atomic mass is 9.83. The molecule has 4 nitrogen and oxygen atoms in total. The molecule has 1 aliphatic carbocycles. The Morgan fingerprint density at radius 1 is 1.33 bits per heavy atom. The van der Waals surface area contributed by atoms with Gasteiger partial charge in [-0.1, -0.05) is 33.1 Å². The van der Waals surface area contributed by atoms with Crippen LogP contribution in [0.2, 0.25) is 0 Å². The Morgan fingerprint density at radius 2 is 2.00 bits per heavy atom. The molecule has 1 saturated carbocycles. The van der Waals surface area contributed by atoms with E-state index in [-0.39, 0.29) is 24.6 Å². The van der Waals surface area contributed by atoms with Crippen LogP contribution < -0.4 is 10.6 Å². The van der Waals surface area contributed by atoms with Crippen LogP contribution in [-0.4, -0.2) is 29.8 Å². The molecule has 0 aliphatic heterocycles. The van der Waals surface area contributed by atoms with Gasteiger partial charge in [-0.25, -0.2) is 4.79 Å². The number of hydrogen-bond donors (Lipinski definition) is 3. The minimum absolute atomic E-state index is 0.00123. The lowest BCUT2D eigenvalue weighted by molar-refractivity contribution is 0.191. The zero-order chi connectivity index (χ0) is 13.5. The zero-order valence-corrected chi connectivity index (χ0v) is 11.9. The Balaban J connectivity index is 2.38. The number of aliphatic hydroxyl groups excluding tert-OH is 1. The molecule has 1 aliphatic rings. The first-order chi connectivity index (χ1) is 8.58. The summed E-state index contributed by atoms with van der Waals surface area (Å²) < 4.78 is 0. The van der Waals surface area contributed by atoms with Crippen LogP contribution in [0.1, 0.15) is 52.9 Å². The van der Waals surface area contributed by atoms with Crippen molar-refractivity contribution in [2.24, 2.45) is 11.8 Å². The van der Waals surface area contributed by atoms with Gasteiger partial charge in [0.15, 0.2) is 0 Å². The van der Waals surface area contributed by atoms with Crippen LogP contribution in [0.3, 0.4) is 0 Å². The molecule has 0 heterocycles. The van der Waals surface area contributed by atoms with Crippen molar-refractivity contribution in [1.82, 2.24) is 10.6 Å². The van der Waals surface area contributed by atoms with Crippen molar-refractivity contribution in [1.29, 1.82) is 0 Å². The van der Waals surface area contributed by atoms with Crippen LogP contribution in [0.15, 0.2) is 0 Å². The first-order valence-corrected chi connectivity index (χ1v) is 7.26. The second kappa shape index (κ2) is 7.62. The van der Waals surface area contributed by atoms with Crippen LogP contribution in [-0.2, 0) is 0 Å². The molecule has 0 spiro atoms. The molecule has 0 aromatic carbocycles. The van der Waals surface area contributed by atoms with E-state index >= 15 is 0 Å². The van der Waals surface area contributed by atoms with Crippen molar-refractivity contribution >= 4 is 6.03 Å². The summed E-state index contributed by atoms with van der Waals surface area (Å²) in [6.07, 6.45) is 5.95. The molecule has 2 amide bonds. The summed E-state index contributed by atoms with van der Waals surface area (Å²) in [5.74, 6) is 0.708. The van der Waals surface area contributed by atoms with Gasteiger partial charge < -0.3 is 15.7 Å². The fourth-order valence-corrected chi connectivity index (χ4v) is 2.60. The van der Waals surface area contributed by atoms with Gasteiger partial charge in [-0.2, -0.15) is 0 Å². The second-order valence-corrected chi connectivity index (χ2v) is 5.63. The molecule has 4 heteroatoms. The highest BCUT2D eigenvalue weighted by Crippen LogP contribution is 2.26. The highest BCUT2D eigenvalue weighted by molar-refractivity contribution is 5.74. The fraction of sp³-hybridized carbons (Fsp3) is 0.929. The first kappa shape index (κ1) is 15.3. The molecule has 4 unspecified atom stereocenters. The maximum Gasteiger partial charge on any atom is 0.315 e. The Hall–Kier alpha value is -0.770. The van der Waals surface area contributed by atoms with Crippen molar-refractivity contribution in [2.45, 2.75) is 65.0 Å². The summed E-state index contributed by atoms with van der Waals surface area (Å²) in [6.45, 7) is 6.15. The topological polar surface area (TPSA) is 61.4 Å². The van der Waals surface area contributed by atoms with E-state index in [1.54, 1.807) is 0 Å². The molecule has 0 aromatic heterocycles. The minimum Gasteiger partial charge on any atom is -0.396 e. The Bertz CT molecular complexity index is 258. The third kappa shape index (κ3) is 4.48. The lowest BCUT2D eigenvalue weighted by Gasteiger charge is -2.32. The maximum atomic E-state index is 11.9. The normalized spacial score (nSPS) is 27.3. The average Bonchev–Trinajstić information content (AvgIpc) is 2.38. The van der Waals surface area contributed by atoms with Crippen LogP contribution in [0.25, 0.3) is 0 Å². The summed E-state index contributed by atoms with van der Waals surface area (Å²) in [7, 11) is 0. The van der Waals surface area contributed by atoms with Gasteiger partial charge in [-0.15, -0.1) is 0 Å². The van der Waals surface area contributed by atoms with Crippen LogP contribution >= 0.6 is 0 Å². The van der Waals surface area contributed by atoms with E-state index in [0.717, 1.165) is 12.8 Å². The SMILES string of the molecule is CCC1CCCCC1NC(=O)NC(C)C(C)CO. The second-order valence-electron chi connectivity index (χ2n) is 5.63. The standard InChI is InChI=1S/C14H28N2O2/c1-4-12-7-5-6-8-13(12)16-14(18)15-11(3)10(2)9-17/h10-13,17H,4-9H2,1-3H3,(H2,15,16,18). The van der Waals surface area contributed by atoms with E-state index in [1.807, 2.05) is 13.8 Å². The van der Waals surface area contributed by atoms with Gasteiger partial charge in [0, 0.05) is 18.7 Å². The summed E-state index contributed by atoms with van der Waals surface area (Å²) in [5.41, 5.74) is 0. The van der Waals surface area contributed by atoms with Gasteiger partial charge in [0.1, 0.15) is 0 Å². The van der Waals surface area contributed by atoms with Crippen molar-refractivity contribution in [3.05, 3.63) is 0 Å². The predicted molar refractivity (Wildman–Crippen MR) is 73.4 cm³/mol. The monoisotopic (exact) mass is 256 g/mol. The molecule has 106 valence electrons. The van der Waals surface area contributed by atoms with Crippen molar-refractivity contribution in [3.8, 4) is 0 Å². The minimum atomic E-state index is -0.0897. The Kier molecular flexibility index (Phi) is 6.47. The Labute approximate surface area is 111 Å². The summed E-state index contributed by atoms with van der Waals surface area (Å²) in [6, 6.07) is 0.229. The maximum absolute atomic E-state index is 11.9. The van der Waals surface area contributed by atoms with Crippen LogP contribution in [0.4, 0.5) is 4.79 Å². The van der Waals surface area contributed by atoms with E-state index in [0.29, 0.717) is 12.0 Å². The highest BCUT2D eigenvalue weighted by Gasteiger charge is 2.25. The van der Waals surface area contributed by atoms with Crippen LogP contribution in [0, 0.1) is 11.8 Å². The van der Waals surface area contributed by atoms with Crippen molar-refractivity contribution in [2.75, 3.05) is 6.61 Å². The number of nitrogens with one attached hydrogen (secondary N) is 2. The molecule has 4 atom stereocenters. The molecular weight excluding hydrogens is 228 g/mol. The van der Waals surface area contributed by atoms with E-state index in [9.17, 15) is 4.79 Å². The number of carbonyl (C=O) groups is 1. The number of carbonyl (C=O) groups excluding carboxylic acids is 1. The summed E-state index contributed by atoms with van der Waals surface area (Å²) in [5, 5.41) is 15.1. The van der Waals surface area contributed by atoms with Gasteiger partial charge in [0.05, 0.1) is 0 Å². The van der Waals surface area contributed by atoms with E-state index in [4.69, 9.17) is 5.11 Å². The van der Waals surface area contributed by atoms with Crippen molar-refractivity contribution in [3.63, 3.8) is 0 Å². The van der Waals surface area contributed by atoms with Crippen molar-refractivity contribution < 1.29 is 9.90 Å². The number of urea groups is 1. The van der Waals surface area contributed by atoms with Gasteiger partial charge in [-0.3, -0.25) is 0 Å². The molecule has 1 fully saturated rings. The third-order valence-corrected chi connectivity index (χ3v) is 4.25. The molecule has 0 saturated heterocycles. The average molecular weight is 256 g/mol. The summed E-state index contributed by atoms with van der Waals surface area (Å²) >= 11 is 0. The lowest BCUT2D eigenvalue weighted by Crippen LogP contribution is -2.50. The first-order valence-electron chi connectivity index (χ1n) is 7.26. The van der Waals surface area contributed by atoms with Gasteiger partial charge >= 0.3 is 6.03 Å². The number of amides is 2. The van der Waals surface area contributed by atoms with E-state index < -0.39 is 0 Å². The molecule has 0 aromatic rings. The predicted octanol–water partition coefficient (Wildman–Crippen LogP) is 2.27. The quantitative estimate of drug-likeness (QED) is 0.706. The molecule has 0 radical (unpaired) electrons. The number of rotatable bonds is 5. The molecule has 3 N–H and O–H groups in total. The van der Waals surface area contributed by atoms with Gasteiger partial charge in [-0.05, 0) is 31.6 Å². The number of aliphatic hydroxyl groups is 1. The highest BCUT2D eigenvalue weighted by atomic mass is 16.3. The third-order valence-electron chi connectivity index (χ3n) is 4.25. The van der Waals surface area contributed by atoms with E-state index in [1.165, 1.54) is 19.3 Å².